The molecule has 1 aliphatic heterocycles. The zero-order valence-corrected chi connectivity index (χ0v) is 17.6. The molecule has 1 fully saturated rings. The third-order valence-electron chi connectivity index (χ3n) is 6.07. The van der Waals surface area contributed by atoms with Gasteiger partial charge in [0, 0.05) is 13.1 Å². The van der Waals surface area contributed by atoms with E-state index in [1.165, 1.54) is 23.0 Å². The smallest absolute Gasteiger partial charge is 0.388 e. The first-order valence-corrected chi connectivity index (χ1v) is 10.5. The molecular formula is C24H24F3N3O2. The summed E-state index contributed by atoms with van der Waals surface area (Å²) >= 11 is 0. The second-order valence-corrected chi connectivity index (χ2v) is 8.09. The SMILES string of the molecule is Cc1c(C(=O)N2CCC(C(O)c3ccccc3)CC2)cnn1-c1cccc(C(F)(F)F)c1. The second-order valence-electron chi connectivity index (χ2n) is 8.09. The number of hydrogen-bond acceptors (Lipinski definition) is 3. The number of aliphatic hydroxyl groups excluding tert-OH is 1. The lowest BCUT2D eigenvalue weighted by atomic mass is 9.87. The maximum absolute atomic E-state index is 13.1. The van der Waals surface area contributed by atoms with Crippen molar-refractivity contribution in [2.24, 2.45) is 5.92 Å². The fourth-order valence-corrected chi connectivity index (χ4v) is 4.20. The summed E-state index contributed by atoms with van der Waals surface area (Å²) in [5.74, 6) is -0.135. The van der Waals surface area contributed by atoms with E-state index in [0.717, 1.165) is 17.7 Å². The minimum atomic E-state index is -4.45. The number of aromatic nitrogens is 2. The highest BCUT2D eigenvalue weighted by Gasteiger charge is 2.32. The molecule has 1 atom stereocenters. The van der Waals surface area contributed by atoms with Gasteiger partial charge in [-0.3, -0.25) is 4.79 Å². The largest absolute Gasteiger partial charge is 0.416 e. The Labute approximate surface area is 184 Å². The summed E-state index contributed by atoms with van der Waals surface area (Å²) < 4.78 is 40.5. The van der Waals surface area contributed by atoms with Crippen LogP contribution in [-0.4, -0.2) is 38.8 Å². The van der Waals surface area contributed by atoms with Crippen LogP contribution in [0.25, 0.3) is 5.69 Å². The Morgan fingerprint density at radius 3 is 2.44 bits per heavy atom. The highest BCUT2D eigenvalue weighted by Crippen LogP contribution is 2.32. The molecule has 0 saturated carbocycles. The molecule has 2 heterocycles. The number of benzene rings is 2. The van der Waals surface area contributed by atoms with E-state index in [4.69, 9.17) is 0 Å². The Kier molecular flexibility index (Phi) is 6.06. The van der Waals surface area contributed by atoms with Gasteiger partial charge < -0.3 is 10.0 Å². The third-order valence-corrected chi connectivity index (χ3v) is 6.07. The van der Waals surface area contributed by atoms with E-state index < -0.39 is 17.8 Å². The van der Waals surface area contributed by atoms with Gasteiger partial charge >= 0.3 is 6.18 Å². The molecule has 32 heavy (non-hydrogen) atoms. The van der Waals surface area contributed by atoms with Gasteiger partial charge in [-0.15, -0.1) is 0 Å². The molecule has 1 N–H and O–H groups in total. The van der Waals surface area contributed by atoms with E-state index in [9.17, 15) is 23.1 Å². The number of likely N-dealkylation sites (tertiary alicyclic amines) is 1. The molecule has 1 aromatic heterocycles. The molecular weight excluding hydrogens is 419 g/mol. The summed E-state index contributed by atoms with van der Waals surface area (Å²) in [4.78, 5) is 14.8. The summed E-state index contributed by atoms with van der Waals surface area (Å²) in [6.45, 7) is 2.68. The van der Waals surface area contributed by atoms with Crippen molar-refractivity contribution in [1.82, 2.24) is 14.7 Å². The topological polar surface area (TPSA) is 58.4 Å². The maximum atomic E-state index is 13.1. The highest BCUT2D eigenvalue weighted by molar-refractivity contribution is 5.95. The monoisotopic (exact) mass is 443 g/mol. The average Bonchev–Trinajstić information content (AvgIpc) is 3.19. The molecule has 4 rings (SSSR count). The van der Waals surface area contributed by atoms with Crippen molar-refractivity contribution in [3.63, 3.8) is 0 Å². The lowest BCUT2D eigenvalue weighted by Gasteiger charge is -2.34. The lowest BCUT2D eigenvalue weighted by molar-refractivity contribution is -0.137. The summed E-state index contributed by atoms with van der Waals surface area (Å²) in [6, 6.07) is 14.3. The van der Waals surface area contributed by atoms with Crippen molar-refractivity contribution >= 4 is 5.91 Å². The van der Waals surface area contributed by atoms with Crippen LogP contribution < -0.4 is 0 Å². The number of carbonyl (C=O) groups is 1. The molecule has 168 valence electrons. The van der Waals surface area contributed by atoms with Gasteiger partial charge in [0.1, 0.15) is 0 Å². The fraction of sp³-hybridized carbons (Fsp3) is 0.333. The van der Waals surface area contributed by atoms with Crippen LogP contribution in [-0.2, 0) is 6.18 Å². The number of nitrogens with zero attached hydrogens (tertiary/aromatic N) is 3. The van der Waals surface area contributed by atoms with Gasteiger partial charge in [0.25, 0.3) is 5.91 Å². The molecule has 0 aliphatic carbocycles. The van der Waals surface area contributed by atoms with Crippen LogP contribution in [0.2, 0.25) is 0 Å². The Balaban J connectivity index is 1.46. The first kappa shape index (κ1) is 22.1. The van der Waals surface area contributed by atoms with Gasteiger partial charge in [-0.25, -0.2) is 4.68 Å². The zero-order chi connectivity index (χ0) is 22.9. The molecule has 1 unspecified atom stereocenters. The number of carbonyl (C=O) groups excluding carboxylic acids is 1. The van der Waals surface area contributed by atoms with E-state index in [1.807, 2.05) is 30.3 Å². The minimum absolute atomic E-state index is 0.0652. The maximum Gasteiger partial charge on any atom is 0.416 e. The molecule has 8 heteroatoms. The predicted octanol–water partition coefficient (Wildman–Crippen LogP) is 4.79. The second kappa shape index (κ2) is 8.78. The van der Waals surface area contributed by atoms with Gasteiger partial charge in [0.15, 0.2) is 0 Å². The summed E-state index contributed by atoms with van der Waals surface area (Å²) in [5.41, 5.74) is 1.21. The predicted molar refractivity (Wildman–Crippen MR) is 113 cm³/mol. The third kappa shape index (κ3) is 4.41. The number of rotatable bonds is 4. The van der Waals surface area contributed by atoms with E-state index in [-0.39, 0.29) is 17.5 Å². The first-order valence-electron chi connectivity index (χ1n) is 10.5. The Morgan fingerprint density at radius 1 is 1.09 bits per heavy atom. The molecule has 5 nitrogen and oxygen atoms in total. The van der Waals surface area contributed by atoms with Crippen LogP contribution in [0, 0.1) is 12.8 Å². The Morgan fingerprint density at radius 2 is 1.78 bits per heavy atom. The van der Waals surface area contributed by atoms with E-state index in [1.54, 1.807) is 11.8 Å². The first-order chi connectivity index (χ1) is 15.3. The zero-order valence-electron chi connectivity index (χ0n) is 17.6. The van der Waals surface area contributed by atoms with Crippen molar-refractivity contribution in [2.75, 3.05) is 13.1 Å². The van der Waals surface area contributed by atoms with Crippen LogP contribution in [0.5, 0.6) is 0 Å². The number of halogens is 3. The molecule has 1 saturated heterocycles. The van der Waals surface area contributed by atoms with Gasteiger partial charge in [0.05, 0.1) is 34.8 Å². The van der Waals surface area contributed by atoms with Crippen LogP contribution in [0.1, 0.15) is 46.1 Å². The minimum Gasteiger partial charge on any atom is -0.388 e. The summed E-state index contributed by atoms with van der Waals surface area (Å²) in [7, 11) is 0. The van der Waals surface area contributed by atoms with Gasteiger partial charge in [-0.1, -0.05) is 36.4 Å². The lowest BCUT2D eigenvalue weighted by Crippen LogP contribution is -2.40. The van der Waals surface area contributed by atoms with Crippen LogP contribution in [0.4, 0.5) is 13.2 Å². The van der Waals surface area contributed by atoms with Crippen molar-refractivity contribution in [3.05, 3.63) is 83.2 Å². The molecule has 0 spiro atoms. The Bertz CT molecular complexity index is 1090. The van der Waals surface area contributed by atoms with E-state index in [0.29, 0.717) is 37.2 Å². The quantitative estimate of drug-likeness (QED) is 0.631. The number of aliphatic hydroxyl groups is 1. The van der Waals surface area contributed by atoms with Gasteiger partial charge in [0.2, 0.25) is 0 Å². The standard InChI is InChI=1S/C24H24F3N3O2/c1-16-21(15-28-30(16)20-9-5-8-19(14-20)24(25,26)27)23(32)29-12-10-18(11-13-29)22(31)17-6-3-2-4-7-17/h2-9,14-15,18,22,31H,10-13H2,1H3. The van der Waals surface area contributed by atoms with Gasteiger partial charge in [-0.05, 0) is 49.4 Å². The number of alkyl halides is 3. The van der Waals surface area contributed by atoms with Crippen LogP contribution in [0.3, 0.4) is 0 Å². The summed E-state index contributed by atoms with van der Waals surface area (Å²) in [5, 5.41) is 14.8. The van der Waals surface area contributed by atoms with Crippen molar-refractivity contribution in [2.45, 2.75) is 32.0 Å². The molecule has 1 amide bonds. The normalized spacial score (nSPS) is 16.2. The average molecular weight is 443 g/mol. The number of hydrogen-bond donors (Lipinski definition) is 1. The van der Waals surface area contributed by atoms with E-state index in [2.05, 4.69) is 5.10 Å². The fourth-order valence-electron chi connectivity index (χ4n) is 4.20. The van der Waals surface area contributed by atoms with Gasteiger partial charge in [-0.2, -0.15) is 18.3 Å². The molecule has 1 aliphatic rings. The van der Waals surface area contributed by atoms with E-state index >= 15 is 0 Å². The Hall–Kier alpha value is -3.13. The number of amides is 1. The highest BCUT2D eigenvalue weighted by atomic mass is 19.4. The van der Waals surface area contributed by atoms with Crippen LogP contribution >= 0.6 is 0 Å². The molecule has 2 aromatic carbocycles. The molecule has 3 aromatic rings. The van der Waals surface area contributed by atoms with Crippen molar-refractivity contribution in [1.29, 1.82) is 0 Å². The van der Waals surface area contributed by atoms with Crippen molar-refractivity contribution < 1.29 is 23.1 Å². The molecule has 0 bridgehead atoms. The molecule has 0 radical (unpaired) electrons. The summed E-state index contributed by atoms with van der Waals surface area (Å²) in [6.07, 6.45) is -2.28. The van der Waals surface area contributed by atoms with Crippen molar-refractivity contribution in [3.8, 4) is 5.69 Å². The number of piperidine rings is 1. The van der Waals surface area contributed by atoms with Crippen LogP contribution in [0.15, 0.2) is 60.8 Å².